The first-order valence-electron chi connectivity index (χ1n) is 12.0. The number of nitrogens with zero attached hydrogens (tertiary/aromatic N) is 4. The van der Waals surface area contributed by atoms with E-state index in [1.807, 2.05) is 0 Å². The number of carbonyl (C=O) groups is 3. The number of nitrogens with one attached hydrogen (secondary N) is 2. The van der Waals surface area contributed by atoms with Crippen molar-refractivity contribution in [3.8, 4) is 11.3 Å². The first-order valence-corrected chi connectivity index (χ1v) is 12.4. The molecule has 0 spiro atoms. The lowest BCUT2D eigenvalue weighted by atomic mass is 10.2. The Morgan fingerprint density at radius 3 is 2.46 bits per heavy atom. The molecule has 4 N–H and O–H groups in total. The standard InChI is InChI=1S/C24H21ClF5N7O4/c1-36-15(13-9-37(16-7-23(16,26)27)35-17(13)24(28,29)30)8-32-18(36)20(39)34-11-2-3-12(14(25)6-11)19(38)33-10-22(4-5-22)41-21(31)40/h2-3,6,8-9,16H,4-5,7,10H2,1H3,(H2,31,40)(H,33,38)(H,34,39). The van der Waals surface area contributed by atoms with Crippen molar-refractivity contribution in [3.05, 3.63) is 52.7 Å². The molecule has 2 saturated carbocycles. The van der Waals surface area contributed by atoms with Gasteiger partial charge in [0.1, 0.15) is 11.6 Å². The first kappa shape index (κ1) is 28.3. The zero-order valence-electron chi connectivity index (χ0n) is 21.1. The van der Waals surface area contributed by atoms with Crippen LogP contribution in [0.5, 0.6) is 0 Å². The van der Waals surface area contributed by atoms with Crippen LogP contribution in [0.1, 0.15) is 52.0 Å². The van der Waals surface area contributed by atoms with Gasteiger partial charge in [-0.2, -0.15) is 18.3 Å². The lowest BCUT2D eigenvalue weighted by molar-refractivity contribution is -0.141. The molecule has 2 heterocycles. The molecule has 17 heteroatoms. The first-order chi connectivity index (χ1) is 19.1. The number of anilines is 1. The van der Waals surface area contributed by atoms with E-state index in [1.54, 1.807) is 0 Å². The van der Waals surface area contributed by atoms with Crippen molar-refractivity contribution < 1.29 is 41.1 Å². The zero-order valence-corrected chi connectivity index (χ0v) is 21.8. The number of nitrogens with two attached hydrogens (primary N) is 1. The van der Waals surface area contributed by atoms with Crippen LogP contribution in [0.15, 0.2) is 30.6 Å². The van der Waals surface area contributed by atoms with Crippen LogP contribution in [-0.4, -0.2) is 55.3 Å². The highest BCUT2D eigenvalue weighted by atomic mass is 35.5. The molecule has 1 unspecified atom stereocenters. The predicted octanol–water partition coefficient (Wildman–Crippen LogP) is 4.15. The van der Waals surface area contributed by atoms with Crippen molar-refractivity contribution in [3.63, 3.8) is 0 Å². The maximum Gasteiger partial charge on any atom is 0.435 e. The number of amides is 3. The highest BCUT2D eigenvalue weighted by molar-refractivity contribution is 6.34. The van der Waals surface area contributed by atoms with Crippen LogP contribution in [0.25, 0.3) is 11.3 Å². The van der Waals surface area contributed by atoms with Crippen molar-refractivity contribution in [1.82, 2.24) is 24.6 Å². The number of primary amides is 1. The quantitative estimate of drug-likeness (QED) is 0.331. The van der Waals surface area contributed by atoms with Crippen LogP contribution < -0.4 is 16.4 Å². The van der Waals surface area contributed by atoms with E-state index in [0.717, 1.165) is 17.0 Å². The van der Waals surface area contributed by atoms with Crippen LogP contribution >= 0.6 is 11.6 Å². The molecular formula is C24H21ClF5N7O4. The van der Waals surface area contributed by atoms with Crippen LogP contribution in [0.4, 0.5) is 32.4 Å². The normalized spacial score (nSPS) is 18.5. The highest BCUT2D eigenvalue weighted by Gasteiger charge is 2.59. The maximum atomic E-state index is 13.7. The summed E-state index contributed by atoms with van der Waals surface area (Å²) in [6.07, 6.45) is -3.57. The molecule has 1 aromatic carbocycles. The van der Waals surface area contributed by atoms with Gasteiger partial charge in [-0.1, -0.05) is 11.6 Å². The van der Waals surface area contributed by atoms with Gasteiger partial charge in [-0.3, -0.25) is 14.3 Å². The molecular weight excluding hydrogens is 581 g/mol. The molecule has 0 aliphatic heterocycles. The highest BCUT2D eigenvalue weighted by Crippen LogP contribution is 2.53. The Morgan fingerprint density at radius 2 is 1.90 bits per heavy atom. The summed E-state index contributed by atoms with van der Waals surface area (Å²) in [6.45, 7) is 0.0309. The van der Waals surface area contributed by atoms with Gasteiger partial charge >= 0.3 is 12.3 Å². The molecule has 2 aliphatic rings. The van der Waals surface area contributed by atoms with E-state index in [9.17, 15) is 36.3 Å². The number of rotatable bonds is 8. The third kappa shape index (κ3) is 5.68. The zero-order chi connectivity index (χ0) is 29.9. The lowest BCUT2D eigenvalue weighted by Gasteiger charge is -2.16. The van der Waals surface area contributed by atoms with Crippen LogP contribution in [0.2, 0.25) is 5.02 Å². The smallest absolute Gasteiger partial charge is 0.435 e. The van der Waals surface area contributed by atoms with Gasteiger partial charge in [-0.15, -0.1) is 0 Å². The van der Waals surface area contributed by atoms with Crippen molar-refractivity contribution in [1.29, 1.82) is 0 Å². The fraction of sp³-hybridized carbons (Fsp3) is 0.375. The second kappa shape index (κ2) is 9.71. The summed E-state index contributed by atoms with van der Waals surface area (Å²) in [5.41, 5.74) is 2.34. The Bertz CT molecular complexity index is 1560. The summed E-state index contributed by atoms with van der Waals surface area (Å²) in [7, 11) is 1.29. The van der Waals surface area contributed by atoms with Gasteiger partial charge in [0.15, 0.2) is 11.5 Å². The molecule has 41 heavy (non-hydrogen) atoms. The fourth-order valence-corrected chi connectivity index (χ4v) is 4.54. The number of hydrogen-bond donors (Lipinski definition) is 3. The van der Waals surface area contributed by atoms with Gasteiger partial charge in [0.25, 0.3) is 17.7 Å². The number of alkyl halides is 5. The van der Waals surface area contributed by atoms with Crippen molar-refractivity contribution in [2.24, 2.45) is 12.8 Å². The Kier molecular flexibility index (Phi) is 6.71. The summed E-state index contributed by atoms with van der Waals surface area (Å²) in [6, 6.07) is 2.51. The van der Waals surface area contributed by atoms with E-state index in [0.29, 0.717) is 17.5 Å². The number of ether oxygens (including phenoxy) is 1. The third-order valence-corrected chi connectivity index (χ3v) is 7.06. The van der Waals surface area contributed by atoms with E-state index in [1.165, 1.54) is 25.2 Å². The average molecular weight is 602 g/mol. The Hall–Kier alpha value is -4.21. The SMILES string of the molecule is Cn1c(-c2cn(C3CC3(F)F)nc2C(F)(F)F)cnc1C(=O)Nc1ccc(C(=O)NCC2(OC(N)=O)CC2)c(Cl)c1. The molecule has 0 radical (unpaired) electrons. The summed E-state index contributed by atoms with van der Waals surface area (Å²) >= 11 is 6.22. The lowest BCUT2D eigenvalue weighted by Crippen LogP contribution is -2.37. The Balaban J connectivity index is 1.30. The summed E-state index contributed by atoms with van der Waals surface area (Å²) in [5.74, 6) is -4.83. The van der Waals surface area contributed by atoms with E-state index < -0.39 is 59.3 Å². The molecule has 2 aliphatic carbocycles. The fourth-order valence-electron chi connectivity index (χ4n) is 4.27. The largest absolute Gasteiger partial charge is 0.441 e. The number of imidazole rings is 1. The van der Waals surface area contributed by atoms with Gasteiger partial charge in [0, 0.05) is 25.4 Å². The molecule has 5 rings (SSSR count). The number of carbonyl (C=O) groups excluding carboxylic acids is 3. The molecule has 1 atom stereocenters. The predicted molar refractivity (Wildman–Crippen MR) is 132 cm³/mol. The van der Waals surface area contributed by atoms with Crippen LogP contribution in [0, 0.1) is 0 Å². The molecule has 3 aromatic rings. The van der Waals surface area contributed by atoms with E-state index in [2.05, 4.69) is 20.7 Å². The minimum absolute atomic E-state index is 0.0272. The molecule has 11 nitrogen and oxygen atoms in total. The van der Waals surface area contributed by atoms with E-state index in [4.69, 9.17) is 22.1 Å². The van der Waals surface area contributed by atoms with E-state index in [-0.39, 0.29) is 34.3 Å². The number of hydrogen-bond acceptors (Lipinski definition) is 6. The summed E-state index contributed by atoms with van der Waals surface area (Å²) in [5, 5.41) is 8.42. The third-order valence-electron chi connectivity index (χ3n) is 6.75. The van der Waals surface area contributed by atoms with Crippen molar-refractivity contribution in [2.45, 2.75) is 43.0 Å². The Labute approximate surface area is 232 Å². The second-order valence-electron chi connectivity index (χ2n) is 9.81. The number of aromatic nitrogens is 4. The second-order valence-corrected chi connectivity index (χ2v) is 10.2. The summed E-state index contributed by atoms with van der Waals surface area (Å²) in [4.78, 5) is 40.4. The average Bonchev–Trinajstić information content (AvgIpc) is 3.62. The number of halogens is 6. The van der Waals surface area contributed by atoms with Gasteiger partial charge in [0.2, 0.25) is 0 Å². The monoisotopic (exact) mass is 601 g/mol. The maximum absolute atomic E-state index is 13.7. The number of benzene rings is 1. The van der Waals surface area contributed by atoms with E-state index >= 15 is 0 Å². The molecule has 3 amide bonds. The van der Waals surface area contributed by atoms with Gasteiger partial charge < -0.3 is 25.7 Å². The molecule has 2 aromatic heterocycles. The molecule has 218 valence electrons. The topological polar surface area (TPSA) is 146 Å². The van der Waals surface area contributed by atoms with Gasteiger partial charge in [-0.05, 0) is 31.0 Å². The minimum Gasteiger partial charge on any atom is -0.441 e. The minimum atomic E-state index is -4.95. The van der Waals surface area contributed by atoms with Crippen LogP contribution in [-0.2, 0) is 18.0 Å². The molecule has 0 saturated heterocycles. The van der Waals surface area contributed by atoms with Gasteiger partial charge in [-0.25, -0.2) is 18.6 Å². The summed E-state index contributed by atoms with van der Waals surface area (Å²) < 4.78 is 74.6. The van der Waals surface area contributed by atoms with Crippen LogP contribution in [0.3, 0.4) is 0 Å². The molecule has 2 fully saturated rings. The van der Waals surface area contributed by atoms with Crippen molar-refractivity contribution >= 4 is 35.2 Å². The molecule has 0 bridgehead atoms. The van der Waals surface area contributed by atoms with Crippen molar-refractivity contribution in [2.75, 3.05) is 11.9 Å². The van der Waals surface area contributed by atoms with Gasteiger partial charge in [0.05, 0.1) is 34.6 Å². The Morgan fingerprint density at radius 1 is 1.22 bits per heavy atom.